The maximum Gasteiger partial charge on any atom is 0.231 e. The molecule has 0 bridgehead atoms. The lowest BCUT2D eigenvalue weighted by Gasteiger charge is -2.21. The Bertz CT molecular complexity index is 5260. The molecule has 0 aliphatic carbocycles. The van der Waals surface area contributed by atoms with Crippen LogP contribution in [-0.4, -0.2) is 120 Å². The maximum absolute atomic E-state index is 5.53. The van der Waals surface area contributed by atoms with Gasteiger partial charge in [-0.2, -0.15) is 0 Å². The third-order valence-corrected chi connectivity index (χ3v) is 21.7. The molecule has 0 unspecified atom stereocenters. The second kappa shape index (κ2) is 66.6. The summed E-state index contributed by atoms with van der Waals surface area (Å²) in [6, 6.07) is 56.5. The van der Waals surface area contributed by atoms with Crippen molar-refractivity contribution in [1.82, 2.24) is 79.7 Å². The molecule has 0 radical (unpaired) electrons. The first kappa shape index (κ1) is 119. The quantitative estimate of drug-likeness (QED) is 0.0977. The van der Waals surface area contributed by atoms with Crippen molar-refractivity contribution in [2.24, 2.45) is 0 Å². The molecule has 15 aromatic rings. The molecular weight excluding hydrogens is 1790 g/mol. The summed E-state index contributed by atoms with van der Waals surface area (Å²) in [5.41, 5.74) is 15.1. The van der Waals surface area contributed by atoms with E-state index in [-0.39, 0.29) is 0 Å². The van der Waals surface area contributed by atoms with Gasteiger partial charge in [0.25, 0.3) is 0 Å². The average Bonchev–Trinajstić information content (AvgIpc) is 1.10. The van der Waals surface area contributed by atoms with Crippen molar-refractivity contribution in [2.45, 2.75) is 277 Å². The van der Waals surface area contributed by atoms with E-state index in [2.05, 4.69) is 334 Å². The molecule has 13 aromatic heterocycles. The number of hydrogen-bond acceptors (Lipinski definition) is 24. The Labute approximate surface area is 859 Å². The van der Waals surface area contributed by atoms with Gasteiger partial charge in [0.15, 0.2) is 46.0 Å². The molecule has 0 N–H and O–H groups in total. The van der Waals surface area contributed by atoms with E-state index in [0.717, 1.165) is 97.4 Å². The number of nitrogens with zero attached hydrogens (tertiary/aromatic N) is 16. The summed E-state index contributed by atoms with van der Waals surface area (Å²) in [7, 11) is 0. The summed E-state index contributed by atoms with van der Waals surface area (Å²) in [6.45, 7) is 62.9. The molecule has 24 heteroatoms. The summed E-state index contributed by atoms with van der Waals surface area (Å²) in [6.07, 6.45) is 35.6. The summed E-state index contributed by atoms with van der Waals surface area (Å²) in [5.74, 6) is 14.4. The standard InChI is InChI=1S/C12H13N.2C10H13NO2.2C9H11NO2.C9H12.5C8H11N.3C7H10N2/c1-9(2)12-11-6-4-3-5-10(11)7-8-13-12;1-7(2)8-5-9-10(6-11-8)13-4-3-12-9;1-7(2)9-10-8(3-4-11-9)12-5-6-13-10;1-6(2)7-3-8-9(4-10-7)12-5-11-8;1-6(2)8-9-7(3-4-10-8)11-5-12-9;1-8(2)9-6-4-3-5-7-9;2*1-7(2)8-3-5-9-6-4-8;1-7(2)8-4-3-5-9-6-8;2*1-7(2)8-5-3-4-6-9-8;1-6(2)7-5-8-3-4-9-7;1-6(2)7-3-4-8-5-9-7;1-6(2)7-8-4-3-5-9-7/h3-9H,1-2H3;5-7H,3-4H2,1-2H3;3-4,7H,5-6H2,1-2H3;2*3-4,6H,5H2,1-2H3;3-8H,1-2H3;5*3-7H,1-2H3;3*3-6H,1-2H3. The lowest BCUT2D eigenvalue weighted by molar-refractivity contribution is 0.168. The number of aromatic nitrogens is 16. The highest BCUT2D eigenvalue weighted by atomic mass is 16.7. The minimum absolute atomic E-state index is 0.318. The Kier molecular flexibility index (Phi) is 54.8. The largest absolute Gasteiger partial charge is 0.486 e. The van der Waals surface area contributed by atoms with Gasteiger partial charge in [-0.25, -0.2) is 19.9 Å². The van der Waals surface area contributed by atoms with Crippen molar-refractivity contribution >= 4 is 10.8 Å². The van der Waals surface area contributed by atoms with E-state index in [9.17, 15) is 0 Å². The number of pyridine rings is 10. The summed E-state index contributed by atoms with van der Waals surface area (Å²) < 4.78 is 42.7. The normalized spacial score (nSPS) is 11.7. The summed E-state index contributed by atoms with van der Waals surface area (Å²) >= 11 is 0. The van der Waals surface area contributed by atoms with Crippen LogP contribution in [0.3, 0.4) is 0 Å². The topological polar surface area (TPSA) is 280 Å². The Hall–Kier alpha value is -14.2. The van der Waals surface area contributed by atoms with Crippen LogP contribution in [-0.2, 0) is 0 Å². The molecule has 0 spiro atoms. The van der Waals surface area contributed by atoms with Crippen LogP contribution in [0.5, 0.6) is 46.0 Å². The molecule has 0 atom stereocenters. The third-order valence-electron chi connectivity index (χ3n) is 21.7. The molecule has 2 aromatic carbocycles. The zero-order valence-corrected chi connectivity index (χ0v) is 90.5. The Morgan fingerprint density at radius 2 is 0.583 bits per heavy atom. The first-order chi connectivity index (χ1) is 69.1. The summed E-state index contributed by atoms with van der Waals surface area (Å²) in [4.78, 5) is 65.8. The predicted octanol–water partition coefficient (Wildman–Crippen LogP) is 29.8. The molecule has 0 saturated heterocycles. The van der Waals surface area contributed by atoms with Gasteiger partial charge in [-0.15, -0.1) is 0 Å². The minimum atomic E-state index is 0.318. The molecule has 4 aliphatic rings. The van der Waals surface area contributed by atoms with E-state index >= 15 is 0 Å². The molecule has 766 valence electrons. The second-order valence-electron chi connectivity index (χ2n) is 38.1. The van der Waals surface area contributed by atoms with Gasteiger partial charge in [0, 0.05) is 169 Å². The number of fused-ring (bicyclic) bond motifs is 5. The Morgan fingerprint density at radius 1 is 0.194 bits per heavy atom. The molecule has 144 heavy (non-hydrogen) atoms. The zero-order chi connectivity index (χ0) is 105. The number of ether oxygens (including phenoxy) is 8. The number of benzene rings is 2. The van der Waals surface area contributed by atoms with Crippen molar-refractivity contribution in [3.63, 3.8) is 0 Å². The lowest BCUT2D eigenvalue weighted by atomic mass is 10.0. The van der Waals surface area contributed by atoms with Crippen molar-refractivity contribution in [1.29, 1.82) is 0 Å². The van der Waals surface area contributed by atoms with Gasteiger partial charge in [-0.3, -0.25) is 59.8 Å². The molecule has 24 nitrogen and oxygen atoms in total. The van der Waals surface area contributed by atoms with Crippen LogP contribution in [0, 0.1) is 0 Å². The van der Waals surface area contributed by atoms with Crippen molar-refractivity contribution < 1.29 is 37.9 Å². The SMILES string of the molecule is CC(C)c1cc2c(cn1)OCCO2.CC(C)c1cc2c(cn1)OCO2.CC(C)c1ccccc1.CC(C)c1ccccn1.CC(C)c1ccccn1.CC(C)c1cccnc1.CC(C)c1ccncc1.CC(C)c1ccncc1.CC(C)c1ccncn1.CC(C)c1cnccn1.CC(C)c1nccc2c1OCCO2.CC(C)c1nccc2c1OCO2.CC(C)c1nccc2ccccc12.CC(C)c1ncccn1. The number of rotatable bonds is 14. The molecule has 17 heterocycles. The first-order valence-corrected chi connectivity index (χ1v) is 50.3. The van der Waals surface area contributed by atoms with Crippen LogP contribution in [0.15, 0.2) is 294 Å². The van der Waals surface area contributed by atoms with Gasteiger partial charge >= 0.3 is 0 Å². The van der Waals surface area contributed by atoms with E-state index in [1.165, 1.54) is 38.7 Å². The zero-order valence-electron chi connectivity index (χ0n) is 90.5. The van der Waals surface area contributed by atoms with Gasteiger partial charge < -0.3 is 37.9 Å². The van der Waals surface area contributed by atoms with Gasteiger partial charge in [0.05, 0.1) is 35.2 Å². The molecule has 0 fully saturated rings. The smallest absolute Gasteiger partial charge is 0.231 e. The van der Waals surface area contributed by atoms with Crippen molar-refractivity contribution in [3.05, 3.63) is 373 Å². The van der Waals surface area contributed by atoms with Crippen LogP contribution in [0.1, 0.15) is 356 Å². The average molecular weight is 1950 g/mol. The van der Waals surface area contributed by atoms with Crippen LogP contribution in [0.25, 0.3) is 10.8 Å². The highest BCUT2D eigenvalue weighted by Crippen LogP contribution is 2.39. The van der Waals surface area contributed by atoms with E-state index in [1.807, 2.05) is 159 Å². The van der Waals surface area contributed by atoms with Crippen LogP contribution < -0.4 is 37.9 Å². The van der Waals surface area contributed by atoms with Crippen molar-refractivity contribution in [2.75, 3.05) is 40.0 Å². The van der Waals surface area contributed by atoms with Gasteiger partial charge in [-0.05, 0) is 177 Å². The van der Waals surface area contributed by atoms with E-state index < -0.39 is 0 Å². The molecule has 0 amide bonds. The van der Waals surface area contributed by atoms with Gasteiger partial charge in [0.1, 0.15) is 38.6 Å². The highest BCUT2D eigenvalue weighted by Gasteiger charge is 2.22. The third kappa shape index (κ3) is 44.6. The second-order valence-corrected chi connectivity index (χ2v) is 38.1. The van der Waals surface area contributed by atoms with E-state index in [0.29, 0.717) is 123 Å². The van der Waals surface area contributed by atoms with Gasteiger partial charge in [0.2, 0.25) is 13.6 Å². The van der Waals surface area contributed by atoms with Crippen LogP contribution in [0.2, 0.25) is 0 Å². The lowest BCUT2D eigenvalue weighted by Crippen LogP contribution is -2.17. The fourth-order valence-corrected chi connectivity index (χ4v) is 13.0. The monoisotopic (exact) mass is 1950 g/mol. The minimum Gasteiger partial charge on any atom is -0.486 e. The number of hydrogen-bond donors (Lipinski definition) is 0. The molecule has 4 aliphatic heterocycles. The Balaban J connectivity index is 0.000000238. The molecule has 0 saturated carbocycles. The maximum atomic E-state index is 5.53. The van der Waals surface area contributed by atoms with E-state index in [4.69, 9.17) is 37.9 Å². The van der Waals surface area contributed by atoms with Crippen LogP contribution in [0.4, 0.5) is 0 Å². The molecule has 19 rings (SSSR count). The Morgan fingerprint density at radius 3 is 0.993 bits per heavy atom. The summed E-state index contributed by atoms with van der Waals surface area (Å²) in [5, 5.41) is 2.56. The fraction of sp³-hybridized carbons (Fsp3) is 0.400. The van der Waals surface area contributed by atoms with Gasteiger partial charge in [-0.1, -0.05) is 267 Å². The van der Waals surface area contributed by atoms with Crippen molar-refractivity contribution in [3.8, 4) is 46.0 Å². The predicted molar refractivity (Wildman–Crippen MR) is 584 cm³/mol. The highest BCUT2D eigenvalue weighted by molar-refractivity contribution is 5.84. The first-order valence-electron chi connectivity index (χ1n) is 50.3. The van der Waals surface area contributed by atoms with E-state index in [1.54, 1.807) is 74.5 Å². The molecular formula is C120H158N16O8. The fourth-order valence-electron chi connectivity index (χ4n) is 13.0. The van der Waals surface area contributed by atoms with Crippen LogP contribution >= 0.6 is 0 Å².